The van der Waals surface area contributed by atoms with E-state index in [1.54, 1.807) is 6.26 Å². The van der Waals surface area contributed by atoms with Crippen LogP contribution in [0, 0.1) is 13.8 Å². The Bertz CT molecular complexity index is 1780. The number of aryl methyl sites for hydroxylation is 3. The van der Waals surface area contributed by atoms with Crippen molar-refractivity contribution < 1.29 is 8.98 Å². The first-order chi connectivity index (χ1) is 14.1. The van der Waals surface area contributed by atoms with Crippen LogP contribution in [-0.4, -0.2) is 4.40 Å². The summed E-state index contributed by atoms with van der Waals surface area (Å²) in [4.78, 5) is 0. The Labute approximate surface area is 166 Å². The number of nitrogens with zero attached hydrogens (tertiary/aromatic N) is 2. The zero-order valence-corrected chi connectivity index (χ0v) is 16.6. The van der Waals surface area contributed by atoms with Crippen LogP contribution in [0.15, 0.2) is 65.4 Å². The Morgan fingerprint density at radius 3 is 2.59 bits per heavy atom. The van der Waals surface area contributed by atoms with Crippen LogP contribution in [0.2, 0.25) is 0 Å². The molecule has 3 heteroatoms. The Morgan fingerprint density at radius 1 is 0.828 bits per heavy atom. The highest BCUT2D eigenvalue weighted by atomic mass is 16.3. The molecule has 0 radical (unpaired) electrons. The van der Waals surface area contributed by atoms with Gasteiger partial charge in [0.15, 0.2) is 6.20 Å². The molecule has 7 rings (SSSR count). The normalized spacial score (nSPS) is 12.7. The predicted molar refractivity (Wildman–Crippen MR) is 119 cm³/mol. The standard InChI is InChI=1S/C26H19N2O/c1-14-12-19-16-6-4-5-7-20(16)28-21-13-22-17(9-11-29-22)18-8-10-27(3)26(24(18)21)23(15(14)2)25(19)28/h4-13H,1-3H3/q+1. The van der Waals surface area contributed by atoms with Crippen molar-refractivity contribution in [3.63, 3.8) is 0 Å². The molecular formula is C26H19N2O+. The van der Waals surface area contributed by atoms with Gasteiger partial charge in [-0.05, 0) is 43.2 Å². The van der Waals surface area contributed by atoms with Crippen molar-refractivity contribution in [2.45, 2.75) is 13.8 Å². The van der Waals surface area contributed by atoms with E-state index in [-0.39, 0.29) is 0 Å². The molecule has 0 atom stereocenters. The van der Waals surface area contributed by atoms with Crippen LogP contribution in [0.25, 0.3) is 60.0 Å². The maximum atomic E-state index is 5.86. The van der Waals surface area contributed by atoms with E-state index < -0.39 is 0 Å². The lowest BCUT2D eigenvalue weighted by Crippen LogP contribution is -2.29. The lowest BCUT2D eigenvalue weighted by atomic mass is 9.96. The van der Waals surface area contributed by atoms with Crippen LogP contribution < -0.4 is 4.57 Å². The van der Waals surface area contributed by atoms with Gasteiger partial charge >= 0.3 is 0 Å². The minimum atomic E-state index is 0.936. The van der Waals surface area contributed by atoms with Crippen LogP contribution in [-0.2, 0) is 7.05 Å². The first kappa shape index (κ1) is 15.3. The smallest absolute Gasteiger partial charge is 0.224 e. The van der Waals surface area contributed by atoms with E-state index in [4.69, 9.17) is 4.42 Å². The molecule has 0 spiro atoms. The Hall–Kier alpha value is -3.59. The second-order valence-electron chi connectivity index (χ2n) is 8.23. The highest BCUT2D eigenvalue weighted by Gasteiger charge is 2.25. The fourth-order valence-electron chi connectivity index (χ4n) is 5.36. The molecule has 3 nitrogen and oxygen atoms in total. The first-order valence-corrected chi connectivity index (χ1v) is 10.0. The van der Waals surface area contributed by atoms with Gasteiger partial charge in [-0.15, -0.1) is 0 Å². The van der Waals surface area contributed by atoms with Crippen molar-refractivity contribution in [3.8, 4) is 0 Å². The van der Waals surface area contributed by atoms with Crippen molar-refractivity contribution >= 4 is 60.0 Å². The van der Waals surface area contributed by atoms with Gasteiger partial charge in [0.1, 0.15) is 12.6 Å². The number of pyridine rings is 2. The van der Waals surface area contributed by atoms with E-state index in [0.29, 0.717) is 0 Å². The summed E-state index contributed by atoms with van der Waals surface area (Å²) in [6.45, 7) is 4.48. The number of aromatic nitrogens is 2. The van der Waals surface area contributed by atoms with Crippen molar-refractivity contribution in [2.24, 2.45) is 7.05 Å². The van der Waals surface area contributed by atoms with Gasteiger partial charge in [0.2, 0.25) is 5.52 Å². The van der Waals surface area contributed by atoms with Crippen LogP contribution in [0.1, 0.15) is 11.1 Å². The van der Waals surface area contributed by atoms with Gasteiger partial charge in [-0.2, -0.15) is 0 Å². The second-order valence-corrected chi connectivity index (χ2v) is 8.23. The summed E-state index contributed by atoms with van der Waals surface area (Å²) in [7, 11) is 2.16. The minimum Gasteiger partial charge on any atom is -0.464 e. The van der Waals surface area contributed by atoms with Crippen molar-refractivity contribution in [1.29, 1.82) is 0 Å². The number of hydrogen-bond donors (Lipinski definition) is 0. The maximum Gasteiger partial charge on any atom is 0.224 e. The average Bonchev–Trinajstić information content (AvgIpc) is 3.32. The highest BCUT2D eigenvalue weighted by molar-refractivity contribution is 6.29. The number of rotatable bonds is 0. The Balaban J connectivity index is 2.02. The van der Waals surface area contributed by atoms with Crippen LogP contribution >= 0.6 is 0 Å². The van der Waals surface area contributed by atoms with Crippen LogP contribution in [0.4, 0.5) is 0 Å². The molecule has 0 saturated heterocycles. The fraction of sp³-hybridized carbons (Fsp3) is 0.115. The first-order valence-electron chi connectivity index (χ1n) is 10.0. The number of furan rings is 1. The third-order valence-corrected chi connectivity index (χ3v) is 6.79. The summed E-state index contributed by atoms with van der Waals surface area (Å²) >= 11 is 0. The fourth-order valence-corrected chi connectivity index (χ4v) is 5.36. The van der Waals surface area contributed by atoms with Gasteiger partial charge in [0, 0.05) is 33.7 Å². The monoisotopic (exact) mass is 375 g/mol. The molecule has 0 saturated carbocycles. The molecule has 3 aromatic carbocycles. The molecule has 0 aliphatic rings. The van der Waals surface area contributed by atoms with Crippen LogP contribution in [0.5, 0.6) is 0 Å². The average molecular weight is 375 g/mol. The molecular weight excluding hydrogens is 356 g/mol. The summed E-state index contributed by atoms with van der Waals surface area (Å²) < 4.78 is 10.6. The molecule has 29 heavy (non-hydrogen) atoms. The van der Waals surface area contributed by atoms with E-state index in [1.165, 1.54) is 65.5 Å². The number of para-hydroxylation sites is 1. The molecule has 0 bridgehead atoms. The molecule has 4 aromatic heterocycles. The summed E-state index contributed by atoms with van der Waals surface area (Å²) in [6, 6.07) is 17.6. The lowest BCUT2D eigenvalue weighted by molar-refractivity contribution is -0.643. The van der Waals surface area contributed by atoms with E-state index in [2.05, 4.69) is 84.6 Å². The maximum absolute atomic E-state index is 5.86. The van der Waals surface area contributed by atoms with Crippen LogP contribution in [0.3, 0.4) is 0 Å². The molecule has 0 N–H and O–H groups in total. The van der Waals surface area contributed by atoms with Gasteiger partial charge in [-0.1, -0.05) is 18.2 Å². The van der Waals surface area contributed by atoms with Gasteiger partial charge in [0.25, 0.3) is 0 Å². The topological polar surface area (TPSA) is 21.4 Å². The number of hydrogen-bond acceptors (Lipinski definition) is 1. The Morgan fingerprint density at radius 2 is 1.69 bits per heavy atom. The van der Waals surface area contributed by atoms with Gasteiger partial charge < -0.3 is 8.82 Å². The van der Waals surface area contributed by atoms with E-state index in [9.17, 15) is 0 Å². The van der Waals surface area contributed by atoms with Crippen molar-refractivity contribution in [1.82, 2.24) is 4.40 Å². The molecule has 0 aliphatic heterocycles. The quantitative estimate of drug-likeness (QED) is 0.176. The molecule has 0 amide bonds. The highest BCUT2D eigenvalue weighted by Crippen LogP contribution is 2.43. The molecule has 0 unspecified atom stereocenters. The molecule has 4 heterocycles. The van der Waals surface area contributed by atoms with E-state index in [1.807, 2.05) is 0 Å². The van der Waals surface area contributed by atoms with Crippen molar-refractivity contribution in [3.05, 3.63) is 72.1 Å². The number of fused-ring (bicyclic) bond motifs is 7. The van der Waals surface area contributed by atoms with Gasteiger partial charge in [-0.3, -0.25) is 0 Å². The van der Waals surface area contributed by atoms with Gasteiger partial charge in [0.05, 0.1) is 33.6 Å². The SMILES string of the molecule is Cc1cc2c3ccccc3n3c4cc5occc5c5cc[n+](C)c(c(c1C)c23)c54. The molecule has 7 aromatic rings. The summed E-state index contributed by atoms with van der Waals surface area (Å²) in [5, 5.41) is 7.69. The largest absolute Gasteiger partial charge is 0.464 e. The zero-order valence-electron chi connectivity index (χ0n) is 16.6. The van der Waals surface area contributed by atoms with E-state index in [0.717, 1.165) is 5.58 Å². The number of benzene rings is 3. The second kappa shape index (κ2) is 4.87. The molecule has 0 fully saturated rings. The Kier molecular flexibility index (Phi) is 2.58. The summed E-state index contributed by atoms with van der Waals surface area (Å²) in [5.74, 6) is 0. The lowest BCUT2D eigenvalue weighted by Gasteiger charge is -2.14. The summed E-state index contributed by atoms with van der Waals surface area (Å²) in [5.41, 5.74) is 8.67. The summed E-state index contributed by atoms with van der Waals surface area (Å²) in [6.07, 6.45) is 3.98. The van der Waals surface area contributed by atoms with Gasteiger partial charge in [-0.25, -0.2) is 4.57 Å². The third-order valence-electron chi connectivity index (χ3n) is 6.79. The third kappa shape index (κ3) is 1.64. The predicted octanol–water partition coefficient (Wildman–Crippen LogP) is 6.18. The van der Waals surface area contributed by atoms with Crippen molar-refractivity contribution in [2.75, 3.05) is 0 Å². The zero-order chi connectivity index (χ0) is 19.4. The minimum absolute atomic E-state index is 0.936. The molecule has 0 aliphatic carbocycles. The van der Waals surface area contributed by atoms with E-state index >= 15 is 0 Å². The molecule has 138 valence electrons.